The van der Waals surface area contributed by atoms with Crippen molar-refractivity contribution in [3.63, 3.8) is 0 Å². The highest BCUT2D eigenvalue weighted by Gasteiger charge is 2.66. The molecule has 2 saturated carbocycles. The zero-order chi connectivity index (χ0) is 41.3. The Bertz CT molecular complexity index is 1930. The molecular weight excluding hydrogens is 811 g/mol. The Labute approximate surface area is 367 Å². The van der Waals surface area contributed by atoms with E-state index in [0.717, 1.165) is 67.2 Å². The molecule has 9 atom stereocenters. The second-order valence-electron chi connectivity index (χ2n) is 17.3. The Morgan fingerprint density at radius 1 is 0.814 bits per heavy atom. The first-order valence-corrected chi connectivity index (χ1v) is 21.0. The number of carbonyl (C=O) groups is 2. The molecular formula is C45H66Cl2N4O7S. The van der Waals surface area contributed by atoms with E-state index in [1.54, 1.807) is 52.3 Å². The molecule has 14 heteroatoms. The van der Waals surface area contributed by atoms with Crippen LogP contribution in [-0.2, 0) is 63.4 Å². The second kappa shape index (κ2) is 20.2. The molecule has 0 unspecified atom stereocenters. The van der Waals surface area contributed by atoms with Gasteiger partial charge in [0.05, 0.1) is 54.3 Å². The van der Waals surface area contributed by atoms with Crippen molar-refractivity contribution in [1.82, 2.24) is 4.72 Å². The largest absolute Gasteiger partial charge is 0.464 e. The Morgan fingerprint density at radius 3 is 1.71 bits per heavy atom. The molecule has 11 nitrogen and oxygen atoms in total. The normalized spacial score (nSPS) is 30.6. The average molecular weight is 878 g/mol. The van der Waals surface area contributed by atoms with Crippen LogP contribution in [0.4, 0.5) is 11.4 Å². The number of nitrogens with one attached hydrogen (secondary N) is 1. The third-order valence-corrected chi connectivity index (χ3v) is 14.7. The average Bonchev–Trinajstić information content (AvgIpc) is 3.56. The maximum atomic E-state index is 13.8. The number of ether oxygens (including phenoxy) is 4. The summed E-state index contributed by atoms with van der Waals surface area (Å²) >= 11 is 0. The maximum absolute atomic E-state index is 13.8. The Kier molecular flexibility index (Phi) is 17.8. The Hall–Kier alpha value is -3.07. The molecule has 328 valence electrons. The SMILES string of the molecule is C.Cl.Cl.[C-]#[N+]c1ccc2c(c1)[C@@](N)(C(=O)OCC)[C@]1(CC[C@H](OC)[C@@H](C)C1)C2.[C-]#[N+]c1ccc2c(c1)[C@@](N[S@@](=O)C(C)(C)C)(C(=O)OCC)[C@]1(CC[C@H](OC)[C@@H](C)C1)C2. The van der Waals surface area contributed by atoms with Crippen molar-refractivity contribution >= 4 is 59.1 Å². The molecule has 2 spiro atoms. The molecule has 59 heavy (non-hydrogen) atoms. The molecule has 4 aliphatic carbocycles. The van der Waals surface area contributed by atoms with E-state index in [1.165, 1.54) is 0 Å². The van der Waals surface area contributed by atoms with Crippen LogP contribution in [0.1, 0.15) is 117 Å². The number of rotatable bonds is 8. The van der Waals surface area contributed by atoms with E-state index in [4.69, 9.17) is 37.8 Å². The maximum Gasteiger partial charge on any atom is 0.332 e. The molecule has 0 radical (unpaired) electrons. The lowest BCUT2D eigenvalue weighted by atomic mass is 9.59. The zero-order valence-electron chi connectivity index (χ0n) is 35.4. The summed E-state index contributed by atoms with van der Waals surface area (Å²) in [6, 6.07) is 11.1. The first-order chi connectivity index (χ1) is 26.5. The summed E-state index contributed by atoms with van der Waals surface area (Å²) in [5.74, 6) is -0.242. The smallest absolute Gasteiger partial charge is 0.332 e. The van der Waals surface area contributed by atoms with Crippen molar-refractivity contribution in [2.45, 2.75) is 135 Å². The predicted octanol–water partition coefficient (Wildman–Crippen LogP) is 9.24. The van der Waals surface area contributed by atoms with E-state index in [-0.39, 0.29) is 68.4 Å². The molecule has 0 amide bonds. The summed E-state index contributed by atoms with van der Waals surface area (Å²) in [6.07, 6.45) is 6.53. The quantitative estimate of drug-likeness (QED) is 0.198. The monoisotopic (exact) mass is 876 g/mol. The molecule has 4 aliphatic rings. The molecule has 2 aromatic carbocycles. The van der Waals surface area contributed by atoms with Crippen molar-refractivity contribution in [3.05, 3.63) is 81.5 Å². The number of benzene rings is 2. The highest BCUT2D eigenvalue weighted by atomic mass is 35.5. The number of fused-ring (bicyclic) bond motifs is 2. The minimum absolute atomic E-state index is 0. The summed E-state index contributed by atoms with van der Waals surface area (Å²) in [7, 11) is 1.96. The van der Waals surface area contributed by atoms with Crippen LogP contribution in [0.25, 0.3) is 9.69 Å². The van der Waals surface area contributed by atoms with Crippen molar-refractivity contribution < 1.29 is 32.7 Å². The van der Waals surface area contributed by atoms with Crippen molar-refractivity contribution in [2.24, 2.45) is 28.4 Å². The fourth-order valence-corrected chi connectivity index (χ4v) is 11.3. The molecule has 0 aromatic heterocycles. The third kappa shape index (κ3) is 9.12. The van der Waals surface area contributed by atoms with Crippen molar-refractivity contribution in [2.75, 3.05) is 27.4 Å². The highest BCUT2D eigenvalue weighted by Crippen LogP contribution is 2.61. The van der Waals surface area contributed by atoms with Gasteiger partial charge in [-0.15, -0.1) is 24.8 Å². The van der Waals surface area contributed by atoms with Crippen LogP contribution in [0.3, 0.4) is 0 Å². The number of methoxy groups -OCH3 is 2. The minimum atomic E-state index is -1.52. The highest BCUT2D eigenvalue weighted by molar-refractivity contribution is 7.84. The number of nitrogens with zero attached hydrogens (tertiary/aromatic N) is 2. The van der Waals surface area contributed by atoms with Gasteiger partial charge >= 0.3 is 11.9 Å². The van der Waals surface area contributed by atoms with Gasteiger partial charge in [0.25, 0.3) is 0 Å². The molecule has 0 bridgehead atoms. The van der Waals surface area contributed by atoms with Gasteiger partial charge in [-0.05, 0) is 120 Å². The standard InChI is InChI=1S/C24H34N2O4S.C20H26N2O3.CH4.2ClH/c1-8-30-21(27)24(26-31(28)22(3,4)5)19-13-18(25-6)10-9-17(19)15-23(24)12-11-20(29-7)16(2)14-23;1-5-25-18(23)20(21)16-10-15(22-3)7-6-14(16)12-19(20)9-8-17(24-4)13(2)11-19;;;/h9-10,13,16,20,26H,8,11-12,14-15H2,1-5,7H3;6-7,10,13,17H,5,8-9,11-12,21H2,1-2,4H3;1H4;2*1H/t16-,20-,23-,24+,31-;13-,17-,19-,20+;;;/m00.../s1. The molecule has 0 saturated heterocycles. The van der Waals surface area contributed by atoms with Crippen LogP contribution in [-0.4, -0.2) is 60.5 Å². The fraction of sp³-hybridized carbons (Fsp3) is 0.644. The number of hydrogen-bond acceptors (Lipinski definition) is 8. The third-order valence-electron chi connectivity index (χ3n) is 13.1. The van der Waals surface area contributed by atoms with Crippen LogP contribution >= 0.6 is 24.8 Å². The topological polar surface area (TPSA) is 135 Å². The molecule has 6 rings (SSSR count). The minimum Gasteiger partial charge on any atom is -0.464 e. The van der Waals surface area contributed by atoms with Crippen molar-refractivity contribution in [3.8, 4) is 0 Å². The summed E-state index contributed by atoms with van der Waals surface area (Å²) in [5.41, 5.74) is 8.06. The van der Waals surface area contributed by atoms with E-state index >= 15 is 0 Å². The Balaban J connectivity index is 0.000000395. The second-order valence-corrected chi connectivity index (χ2v) is 19.3. The van der Waals surface area contributed by atoms with Gasteiger partial charge < -0.3 is 24.7 Å². The van der Waals surface area contributed by atoms with Gasteiger partial charge in [0.1, 0.15) is 5.54 Å². The summed E-state index contributed by atoms with van der Waals surface area (Å²) in [5, 5.41) is 0. The number of esters is 2. The van der Waals surface area contributed by atoms with Crippen LogP contribution in [0.15, 0.2) is 36.4 Å². The van der Waals surface area contributed by atoms with Gasteiger partial charge in [0.2, 0.25) is 0 Å². The van der Waals surface area contributed by atoms with E-state index in [2.05, 4.69) is 28.3 Å². The lowest BCUT2D eigenvalue weighted by molar-refractivity contribution is -0.161. The predicted molar refractivity (Wildman–Crippen MR) is 238 cm³/mol. The van der Waals surface area contributed by atoms with Crippen LogP contribution < -0.4 is 10.5 Å². The molecule has 0 aliphatic heterocycles. The van der Waals surface area contributed by atoms with Crippen LogP contribution in [0.2, 0.25) is 0 Å². The number of halogens is 2. The Morgan fingerprint density at radius 2 is 1.25 bits per heavy atom. The van der Waals surface area contributed by atoms with Gasteiger partial charge in [-0.2, -0.15) is 0 Å². The number of carbonyl (C=O) groups excluding carboxylic acids is 2. The summed E-state index contributed by atoms with van der Waals surface area (Å²) < 4.78 is 38.5. The first-order valence-electron chi connectivity index (χ1n) is 19.9. The van der Waals surface area contributed by atoms with Crippen LogP contribution in [0, 0.1) is 35.8 Å². The summed E-state index contributed by atoms with van der Waals surface area (Å²) in [6.45, 7) is 28.9. The van der Waals surface area contributed by atoms with Gasteiger partial charge in [-0.3, -0.25) is 0 Å². The van der Waals surface area contributed by atoms with Crippen LogP contribution in [0.5, 0.6) is 0 Å². The van der Waals surface area contributed by atoms with E-state index in [1.807, 2.05) is 32.9 Å². The number of hydrogen-bond donors (Lipinski definition) is 2. The first kappa shape index (κ1) is 52.1. The van der Waals surface area contributed by atoms with E-state index < -0.39 is 38.2 Å². The van der Waals surface area contributed by atoms with Gasteiger partial charge in [-0.25, -0.2) is 28.2 Å². The fourth-order valence-electron chi connectivity index (χ4n) is 10.3. The lowest BCUT2D eigenvalue weighted by Crippen LogP contribution is -2.63. The lowest BCUT2D eigenvalue weighted by Gasteiger charge is -2.50. The van der Waals surface area contributed by atoms with Gasteiger partial charge in [-0.1, -0.05) is 57.7 Å². The molecule has 3 N–H and O–H groups in total. The van der Waals surface area contributed by atoms with E-state index in [0.29, 0.717) is 30.3 Å². The number of nitrogens with two attached hydrogens (primary N) is 1. The summed E-state index contributed by atoms with van der Waals surface area (Å²) in [4.78, 5) is 33.9. The van der Waals surface area contributed by atoms with E-state index in [9.17, 15) is 13.8 Å². The zero-order valence-corrected chi connectivity index (χ0v) is 37.8. The molecule has 0 heterocycles. The molecule has 2 aromatic rings. The van der Waals surface area contributed by atoms with Gasteiger partial charge in [0.15, 0.2) is 16.9 Å². The van der Waals surface area contributed by atoms with Gasteiger partial charge in [0, 0.05) is 25.0 Å². The molecule has 2 fully saturated rings. The van der Waals surface area contributed by atoms with Crippen molar-refractivity contribution in [1.29, 1.82) is 0 Å².